The van der Waals surface area contributed by atoms with Crippen LogP contribution in [0.1, 0.15) is 31.8 Å². The average Bonchev–Trinajstić information content (AvgIpc) is 2.88. The van der Waals surface area contributed by atoms with Gasteiger partial charge in [0.15, 0.2) is 0 Å². The molecule has 0 fully saturated rings. The molecule has 1 aromatic heterocycles. The van der Waals surface area contributed by atoms with E-state index in [9.17, 15) is 9.59 Å². The lowest BCUT2D eigenvalue weighted by Crippen LogP contribution is -2.29. The molecule has 0 atom stereocenters. The standard InChI is InChI=1S/C29H28N4O2/c1-20-11-13-24(19-26(20)27-10-6-7-15-31-27)33-29(35)25-14-12-22(18-21(25)2)28(34)32-17-16-30-23-8-4-3-5-9-23/h3-15,18-19,30H,16-17H2,1-2H3,(H,32,34)(H,33,35). The Hall–Kier alpha value is -4.45. The van der Waals surface area contributed by atoms with Crippen LogP contribution in [0, 0.1) is 13.8 Å². The molecule has 6 nitrogen and oxygen atoms in total. The van der Waals surface area contributed by atoms with Gasteiger partial charge in [-0.25, -0.2) is 0 Å². The molecule has 0 saturated heterocycles. The van der Waals surface area contributed by atoms with Gasteiger partial charge in [-0.15, -0.1) is 0 Å². The van der Waals surface area contributed by atoms with Gasteiger partial charge in [-0.1, -0.05) is 30.3 Å². The summed E-state index contributed by atoms with van der Waals surface area (Å²) in [4.78, 5) is 29.9. The van der Waals surface area contributed by atoms with Gasteiger partial charge < -0.3 is 16.0 Å². The number of anilines is 2. The summed E-state index contributed by atoms with van der Waals surface area (Å²) in [7, 11) is 0. The van der Waals surface area contributed by atoms with Crippen LogP contribution in [-0.2, 0) is 0 Å². The molecular formula is C29H28N4O2. The Morgan fingerprint density at radius 3 is 2.29 bits per heavy atom. The zero-order chi connectivity index (χ0) is 24.6. The van der Waals surface area contributed by atoms with Crippen LogP contribution in [0.25, 0.3) is 11.3 Å². The summed E-state index contributed by atoms with van der Waals surface area (Å²) >= 11 is 0. The van der Waals surface area contributed by atoms with E-state index < -0.39 is 0 Å². The van der Waals surface area contributed by atoms with Crippen molar-refractivity contribution in [2.24, 2.45) is 0 Å². The van der Waals surface area contributed by atoms with Gasteiger partial charge in [-0.3, -0.25) is 14.6 Å². The fraction of sp³-hybridized carbons (Fsp3) is 0.138. The first kappa shape index (κ1) is 23.7. The van der Waals surface area contributed by atoms with E-state index in [4.69, 9.17) is 0 Å². The lowest BCUT2D eigenvalue weighted by molar-refractivity contribution is 0.0953. The third-order valence-corrected chi connectivity index (χ3v) is 5.68. The molecular weight excluding hydrogens is 436 g/mol. The SMILES string of the molecule is Cc1cc(C(=O)NCCNc2ccccc2)ccc1C(=O)Nc1ccc(C)c(-c2ccccn2)c1. The van der Waals surface area contributed by atoms with Crippen LogP contribution in [-0.4, -0.2) is 29.9 Å². The van der Waals surface area contributed by atoms with Gasteiger partial charge >= 0.3 is 0 Å². The molecule has 3 N–H and O–H groups in total. The van der Waals surface area contributed by atoms with Crippen LogP contribution in [0.4, 0.5) is 11.4 Å². The number of amides is 2. The number of benzene rings is 3. The Bertz CT molecular complexity index is 1320. The number of hydrogen-bond donors (Lipinski definition) is 3. The summed E-state index contributed by atoms with van der Waals surface area (Å²) in [6, 6.07) is 26.5. The van der Waals surface area contributed by atoms with Crippen LogP contribution in [0.15, 0.2) is 91.1 Å². The Labute approximate surface area is 205 Å². The van der Waals surface area contributed by atoms with Crippen molar-refractivity contribution in [3.63, 3.8) is 0 Å². The van der Waals surface area contributed by atoms with Crippen molar-refractivity contribution in [2.75, 3.05) is 23.7 Å². The maximum Gasteiger partial charge on any atom is 0.255 e. The number of carbonyl (C=O) groups excluding carboxylic acids is 2. The molecule has 0 aliphatic carbocycles. The number of carbonyl (C=O) groups is 2. The molecule has 0 saturated carbocycles. The van der Waals surface area contributed by atoms with E-state index in [0.717, 1.165) is 28.1 Å². The number of aromatic nitrogens is 1. The molecule has 0 spiro atoms. The van der Waals surface area contributed by atoms with Gasteiger partial charge in [-0.2, -0.15) is 0 Å². The molecule has 0 aliphatic rings. The number of pyridine rings is 1. The number of rotatable bonds is 8. The third-order valence-electron chi connectivity index (χ3n) is 5.68. The average molecular weight is 465 g/mol. The largest absolute Gasteiger partial charge is 0.383 e. The Morgan fingerprint density at radius 2 is 1.54 bits per heavy atom. The third kappa shape index (κ3) is 6.12. The highest BCUT2D eigenvalue weighted by Crippen LogP contribution is 2.25. The molecule has 4 aromatic rings. The molecule has 4 rings (SSSR count). The number of nitrogens with zero attached hydrogens (tertiary/aromatic N) is 1. The second-order valence-electron chi connectivity index (χ2n) is 8.28. The smallest absolute Gasteiger partial charge is 0.255 e. The lowest BCUT2D eigenvalue weighted by atomic mass is 10.0. The van der Waals surface area contributed by atoms with Crippen LogP contribution >= 0.6 is 0 Å². The maximum atomic E-state index is 13.0. The van der Waals surface area contributed by atoms with Crippen LogP contribution in [0.2, 0.25) is 0 Å². The minimum absolute atomic E-state index is 0.173. The summed E-state index contributed by atoms with van der Waals surface area (Å²) in [6.07, 6.45) is 1.75. The fourth-order valence-electron chi connectivity index (χ4n) is 3.80. The molecule has 176 valence electrons. The van der Waals surface area contributed by atoms with E-state index in [0.29, 0.717) is 29.9 Å². The van der Waals surface area contributed by atoms with E-state index in [2.05, 4.69) is 20.9 Å². The van der Waals surface area contributed by atoms with Crippen LogP contribution in [0.5, 0.6) is 0 Å². The van der Waals surface area contributed by atoms with Crippen molar-refractivity contribution in [3.05, 3.63) is 113 Å². The summed E-state index contributed by atoms with van der Waals surface area (Å²) in [5.74, 6) is -0.397. The topological polar surface area (TPSA) is 83.1 Å². The quantitative estimate of drug-likeness (QED) is 0.302. The first-order valence-corrected chi connectivity index (χ1v) is 11.5. The monoisotopic (exact) mass is 464 g/mol. The van der Waals surface area contributed by atoms with Crippen molar-refractivity contribution in [2.45, 2.75) is 13.8 Å². The first-order valence-electron chi connectivity index (χ1n) is 11.5. The second-order valence-corrected chi connectivity index (χ2v) is 8.28. The Balaban J connectivity index is 1.37. The second kappa shape index (κ2) is 11.1. The van der Waals surface area contributed by atoms with Gasteiger partial charge in [0.25, 0.3) is 11.8 Å². The number of nitrogens with one attached hydrogen (secondary N) is 3. The van der Waals surface area contributed by atoms with E-state index >= 15 is 0 Å². The van der Waals surface area contributed by atoms with E-state index in [-0.39, 0.29) is 11.8 Å². The molecule has 1 heterocycles. The van der Waals surface area contributed by atoms with Gasteiger partial charge in [0.1, 0.15) is 0 Å². The minimum atomic E-state index is -0.225. The molecule has 0 radical (unpaired) electrons. The van der Waals surface area contributed by atoms with Crippen molar-refractivity contribution < 1.29 is 9.59 Å². The number of aryl methyl sites for hydroxylation is 2. The molecule has 2 amide bonds. The molecule has 35 heavy (non-hydrogen) atoms. The predicted molar refractivity (Wildman–Crippen MR) is 141 cm³/mol. The molecule has 0 aliphatic heterocycles. The van der Waals surface area contributed by atoms with E-state index in [1.807, 2.05) is 80.6 Å². The first-order chi connectivity index (χ1) is 17.0. The number of hydrogen-bond acceptors (Lipinski definition) is 4. The van der Waals surface area contributed by atoms with Gasteiger partial charge in [0, 0.05) is 47.4 Å². The highest BCUT2D eigenvalue weighted by molar-refractivity contribution is 6.06. The fourth-order valence-corrected chi connectivity index (χ4v) is 3.80. The van der Waals surface area contributed by atoms with Gasteiger partial charge in [0.05, 0.1) is 5.69 Å². The normalized spacial score (nSPS) is 10.5. The van der Waals surface area contributed by atoms with Crippen molar-refractivity contribution in [3.8, 4) is 11.3 Å². The van der Waals surface area contributed by atoms with Crippen molar-refractivity contribution in [1.82, 2.24) is 10.3 Å². The minimum Gasteiger partial charge on any atom is -0.383 e. The summed E-state index contributed by atoms with van der Waals surface area (Å²) in [5, 5.41) is 9.13. The molecule has 0 bridgehead atoms. The number of para-hydroxylation sites is 1. The molecule has 0 unspecified atom stereocenters. The van der Waals surface area contributed by atoms with Gasteiger partial charge in [-0.05, 0) is 79.6 Å². The van der Waals surface area contributed by atoms with Gasteiger partial charge in [0.2, 0.25) is 0 Å². The highest BCUT2D eigenvalue weighted by Gasteiger charge is 2.14. The Kier molecular flexibility index (Phi) is 7.53. The zero-order valence-electron chi connectivity index (χ0n) is 19.8. The summed E-state index contributed by atoms with van der Waals surface area (Å²) < 4.78 is 0. The van der Waals surface area contributed by atoms with E-state index in [1.165, 1.54) is 0 Å². The van der Waals surface area contributed by atoms with Crippen molar-refractivity contribution >= 4 is 23.2 Å². The Morgan fingerprint density at radius 1 is 0.743 bits per heavy atom. The highest BCUT2D eigenvalue weighted by atomic mass is 16.2. The zero-order valence-corrected chi connectivity index (χ0v) is 19.8. The predicted octanol–water partition coefficient (Wildman–Crippen LogP) is 5.46. The summed E-state index contributed by atoms with van der Waals surface area (Å²) in [6.45, 7) is 4.95. The van der Waals surface area contributed by atoms with Crippen LogP contribution in [0.3, 0.4) is 0 Å². The lowest BCUT2D eigenvalue weighted by Gasteiger charge is -2.12. The van der Waals surface area contributed by atoms with Crippen LogP contribution < -0.4 is 16.0 Å². The molecule has 3 aromatic carbocycles. The summed E-state index contributed by atoms with van der Waals surface area (Å²) in [5.41, 5.74) is 6.36. The molecule has 6 heteroatoms. The van der Waals surface area contributed by atoms with E-state index in [1.54, 1.807) is 24.4 Å². The van der Waals surface area contributed by atoms with Crippen molar-refractivity contribution in [1.29, 1.82) is 0 Å². The maximum absolute atomic E-state index is 13.0.